The van der Waals surface area contributed by atoms with Gasteiger partial charge in [0, 0.05) is 13.7 Å². The lowest BCUT2D eigenvalue weighted by molar-refractivity contribution is -0.121. The van der Waals surface area contributed by atoms with Gasteiger partial charge in [0.25, 0.3) is 0 Å². The predicted octanol–water partition coefficient (Wildman–Crippen LogP) is 0.303. The highest BCUT2D eigenvalue weighted by molar-refractivity contribution is 5.80. The Balaban J connectivity index is 0.00000154. The molecule has 5 heteroatoms. The summed E-state index contributed by atoms with van der Waals surface area (Å²) >= 11 is 0. The largest absolute Gasteiger partial charge is 0.400 e. The minimum absolute atomic E-state index is 0.0781. The zero-order valence-corrected chi connectivity index (χ0v) is 11.4. The summed E-state index contributed by atoms with van der Waals surface area (Å²) in [4.78, 5) is 21.2. The number of carbonyl (C=O) groups is 2. The monoisotopic (exact) mass is 266 g/mol. The normalized spacial score (nSPS) is 10.9. The second-order valence-electron chi connectivity index (χ2n) is 3.91. The number of aliphatic hydroxyl groups is 1. The van der Waals surface area contributed by atoms with Gasteiger partial charge in [0.15, 0.2) is 0 Å². The summed E-state index contributed by atoms with van der Waals surface area (Å²) in [5.41, 5.74) is 1.24. The Morgan fingerprint density at radius 2 is 1.95 bits per heavy atom. The molecular weight excluding hydrogens is 244 g/mol. The molecule has 1 aromatic carbocycles. The van der Waals surface area contributed by atoms with Crippen LogP contribution in [0.5, 0.6) is 0 Å². The van der Waals surface area contributed by atoms with Gasteiger partial charge in [-0.15, -0.1) is 0 Å². The molecule has 1 unspecified atom stereocenters. The molecule has 0 aliphatic carbocycles. The third-order valence-electron chi connectivity index (χ3n) is 2.49. The average molecular weight is 266 g/mol. The number of aldehydes is 1. The molecule has 0 aliphatic rings. The summed E-state index contributed by atoms with van der Waals surface area (Å²) in [6.45, 7) is 3.16. The van der Waals surface area contributed by atoms with Crippen molar-refractivity contribution >= 4 is 12.2 Å². The Kier molecular flexibility index (Phi) is 10.3. The van der Waals surface area contributed by atoms with Crippen LogP contribution < -0.4 is 10.6 Å². The third-order valence-corrected chi connectivity index (χ3v) is 2.49. The van der Waals surface area contributed by atoms with E-state index in [0.717, 1.165) is 13.7 Å². The van der Waals surface area contributed by atoms with Crippen molar-refractivity contribution in [3.05, 3.63) is 35.9 Å². The molecule has 0 fully saturated rings. The predicted molar refractivity (Wildman–Crippen MR) is 74.9 cm³/mol. The lowest BCUT2D eigenvalue weighted by Crippen LogP contribution is -2.36. The van der Waals surface area contributed by atoms with Crippen LogP contribution in [-0.2, 0) is 9.59 Å². The van der Waals surface area contributed by atoms with E-state index in [0.29, 0.717) is 12.2 Å². The van der Waals surface area contributed by atoms with E-state index in [1.165, 1.54) is 5.56 Å². The fourth-order valence-electron chi connectivity index (χ4n) is 1.52. The van der Waals surface area contributed by atoms with Crippen molar-refractivity contribution in [1.82, 2.24) is 10.6 Å². The second-order valence-corrected chi connectivity index (χ2v) is 3.91. The number of rotatable bonds is 7. The van der Waals surface area contributed by atoms with Crippen LogP contribution in [0, 0.1) is 0 Å². The van der Waals surface area contributed by atoms with Gasteiger partial charge in [0.05, 0.1) is 13.1 Å². The van der Waals surface area contributed by atoms with E-state index in [2.05, 4.69) is 29.7 Å². The van der Waals surface area contributed by atoms with E-state index < -0.39 is 0 Å². The van der Waals surface area contributed by atoms with Gasteiger partial charge in [-0.1, -0.05) is 37.3 Å². The zero-order valence-electron chi connectivity index (χ0n) is 11.4. The van der Waals surface area contributed by atoms with Crippen LogP contribution in [0.1, 0.15) is 18.4 Å². The summed E-state index contributed by atoms with van der Waals surface area (Å²) in [7, 11) is 1.00. The first-order chi connectivity index (χ1) is 9.24. The van der Waals surface area contributed by atoms with Crippen LogP contribution in [0.15, 0.2) is 30.3 Å². The standard InChI is InChI=1S/C13H18N2O2.CH4O/c1-11(12-5-3-2-4-6-12)9-14-10-13(17)15-7-8-16;1-2/h2-6,8,11,14H,7,9-10H2,1H3,(H,15,17);2H,1H3. The highest BCUT2D eigenvalue weighted by atomic mass is 16.2. The lowest BCUT2D eigenvalue weighted by Gasteiger charge is -2.12. The molecule has 106 valence electrons. The molecule has 1 amide bonds. The molecule has 0 aliphatic heterocycles. The molecule has 0 heterocycles. The van der Waals surface area contributed by atoms with Crippen molar-refractivity contribution in [3.8, 4) is 0 Å². The van der Waals surface area contributed by atoms with E-state index >= 15 is 0 Å². The summed E-state index contributed by atoms with van der Waals surface area (Å²) in [6, 6.07) is 10.1. The minimum atomic E-state index is -0.155. The fraction of sp³-hybridized carbons (Fsp3) is 0.429. The van der Waals surface area contributed by atoms with Gasteiger partial charge in [-0.3, -0.25) is 4.79 Å². The van der Waals surface area contributed by atoms with Crippen LogP contribution >= 0.6 is 0 Å². The maximum atomic E-state index is 11.2. The van der Waals surface area contributed by atoms with Crippen molar-refractivity contribution in [2.75, 3.05) is 26.7 Å². The lowest BCUT2D eigenvalue weighted by atomic mass is 10.0. The summed E-state index contributed by atoms with van der Waals surface area (Å²) in [5.74, 6) is 0.201. The van der Waals surface area contributed by atoms with Gasteiger partial charge in [0.2, 0.25) is 5.91 Å². The number of benzene rings is 1. The Morgan fingerprint density at radius 1 is 1.32 bits per heavy atom. The molecule has 1 atom stereocenters. The van der Waals surface area contributed by atoms with Gasteiger partial charge in [-0.25, -0.2) is 0 Å². The van der Waals surface area contributed by atoms with Crippen molar-refractivity contribution in [2.24, 2.45) is 0 Å². The van der Waals surface area contributed by atoms with Crippen molar-refractivity contribution in [3.63, 3.8) is 0 Å². The van der Waals surface area contributed by atoms with Gasteiger partial charge in [0.1, 0.15) is 6.29 Å². The first kappa shape index (κ1) is 17.3. The molecule has 1 rings (SSSR count). The Hall–Kier alpha value is -1.72. The van der Waals surface area contributed by atoms with E-state index in [1.54, 1.807) is 0 Å². The van der Waals surface area contributed by atoms with Crippen molar-refractivity contribution in [1.29, 1.82) is 0 Å². The molecular formula is C14H22N2O3. The molecule has 0 spiro atoms. The number of carbonyl (C=O) groups excluding carboxylic acids is 2. The zero-order chi connectivity index (χ0) is 14.5. The van der Waals surface area contributed by atoms with Crippen LogP contribution in [0.2, 0.25) is 0 Å². The molecule has 0 saturated heterocycles. The average Bonchev–Trinajstić information content (AvgIpc) is 2.48. The number of hydrogen-bond acceptors (Lipinski definition) is 4. The maximum Gasteiger partial charge on any atom is 0.234 e. The summed E-state index contributed by atoms with van der Waals surface area (Å²) in [5, 5.41) is 12.5. The highest BCUT2D eigenvalue weighted by Crippen LogP contribution is 2.12. The first-order valence-corrected chi connectivity index (χ1v) is 6.14. The summed E-state index contributed by atoms with van der Waals surface area (Å²) in [6.07, 6.45) is 0.671. The molecule has 0 saturated carbocycles. The Labute approximate surface area is 114 Å². The van der Waals surface area contributed by atoms with Gasteiger partial charge >= 0.3 is 0 Å². The molecule has 0 radical (unpaired) electrons. The molecule has 5 nitrogen and oxygen atoms in total. The third kappa shape index (κ3) is 8.07. The van der Waals surface area contributed by atoms with Crippen molar-refractivity contribution in [2.45, 2.75) is 12.8 Å². The van der Waals surface area contributed by atoms with E-state index in [-0.39, 0.29) is 19.0 Å². The topological polar surface area (TPSA) is 78.4 Å². The van der Waals surface area contributed by atoms with Crippen molar-refractivity contribution < 1.29 is 14.7 Å². The van der Waals surface area contributed by atoms with E-state index in [1.807, 2.05) is 18.2 Å². The smallest absolute Gasteiger partial charge is 0.234 e. The fourth-order valence-corrected chi connectivity index (χ4v) is 1.52. The first-order valence-electron chi connectivity index (χ1n) is 6.14. The number of amides is 1. The molecule has 19 heavy (non-hydrogen) atoms. The minimum Gasteiger partial charge on any atom is -0.400 e. The molecule has 0 aromatic heterocycles. The van der Waals surface area contributed by atoms with Gasteiger partial charge in [-0.2, -0.15) is 0 Å². The Morgan fingerprint density at radius 3 is 2.53 bits per heavy atom. The van der Waals surface area contributed by atoms with E-state index in [9.17, 15) is 9.59 Å². The Bertz CT molecular complexity index is 355. The van der Waals surface area contributed by atoms with Gasteiger partial charge in [-0.05, 0) is 11.5 Å². The maximum absolute atomic E-state index is 11.2. The SMILES string of the molecule is CC(CNCC(=O)NCC=O)c1ccccc1.CO. The van der Waals surface area contributed by atoms with Crippen LogP contribution in [0.25, 0.3) is 0 Å². The quantitative estimate of drug-likeness (QED) is 0.620. The molecule has 1 aromatic rings. The second kappa shape index (κ2) is 11.4. The van der Waals surface area contributed by atoms with E-state index in [4.69, 9.17) is 5.11 Å². The number of nitrogens with one attached hydrogen (secondary N) is 2. The van der Waals surface area contributed by atoms with Crippen LogP contribution in [0.3, 0.4) is 0 Å². The highest BCUT2D eigenvalue weighted by Gasteiger charge is 2.05. The van der Waals surface area contributed by atoms with Crippen LogP contribution in [0.4, 0.5) is 0 Å². The number of aliphatic hydroxyl groups excluding tert-OH is 1. The van der Waals surface area contributed by atoms with Gasteiger partial charge < -0.3 is 20.5 Å². The number of hydrogen-bond donors (Lipinski definition) is 3. The molecule has 3 N–H and O–H groups in total. The molecule has 0 bridgehead atoms. The van der Waals surface area contributed by atoms with Crippen LogP contribution in [-0.4, -0.2) is 44.0 Å². The summed E-state index contributed by atoms with van der Waals surface area (Å²) < 4.78 is 0.